The zero-order valence-electron chi connectivity index (χ0n) is 12.2. The second kappa shape index (κ2) is 6.19. The predicted molar refractivity (Wildman–Crippen MR) is 82.1 cm³/mol. The molecule has 22 heavy (non-hydrogen) atoms. The number of carbonyl (C=O) groups is 1. The van der Waals surface area contributed by atoms with Gasteiger partial charge in [0.1, 0.15) is 0 Å². The maximum atomic E-state index is 12.4. The Labute approximate surface area is 129 Å². The van der Waals surface area contributed by atoms with Crippen molar-refractivity contribution in [1.82, 2.24) is 0 Å². The van der Waals surface area contributed by atoms with Crippen LogP contribution in [0.25, 0.3) is 0 Å². The van der Waals surface area contributed by atoms with E-state index in [1.165, 1.54) is 18.2 Å². The number of hydrogen-bond donors (Lipinski definition) is 1. The molecule has 0 fully saturated rings. The molecule has 2 aromatic rings. The Bertz CT molecular complexity index is 797. The fourth-order valence-electron chi connectivity index (χ4n) is 2.09. The summed E-state index contributed by atoms with van der Waals surface area (Å²) in [5, 5.41) is 10.9. The fourth-order valence-corrected chi connectivity index (χ4v) is 3.22. The predicted octanol–water partition coefficient (Wildman–Crippen LogP) is 1.97. The molecule has 2 aromatic carbocycles. The van der Waals surface area contributed by atoms with E-state index in [4.69, 9.17) is 0 Å². The smallest absolute Gasteiger partial charge is 0.261 e. The summed E-state index contributed by atoms with van der Waals surface area (Å²) >= 11 is 0. The maximum Gasteiger partial charge on any atom is 0.261 e. The van der Waals surface area contributed by atoms with E-state index in [1.54, 1.807) is 12.1 Å². The van der Waals surface area contributed by atoms with E-state index in [0.717, 1.165) is 11.6 Å². The summed E-state index contributed by atoms with van der Waals surface area (Å²) in [4.78, 5) is 10.7. The number of aromatic carboxylic acids is 1. The molecule has 6 heteroatoms. The van der Waals surface area contributed by atoms with Gasteiger partial charge in [0.15, 0.2) is 0 Å². The number of carbonyl (C=O) groups excluding carboxylic acids is 1. The van der Waals surface area contributed by atoms with E-state index in [1.807, 2.05) is 26.0 Å². The molecule has 0 spiro atoms. The SMILES string of the molecule is CC(C)c1ccccc1NS(=O)(=O)c1cccc(C(=O)[O-])c1. The first kappa shape index (κ1) is 16.0. The van der Waals surface area contributed by atoms with Gasteiger partial charge in [-0.3, -0.25) is 4.72 Å². The molecular weight excluding hydrogens is 302 g/mol. The Morgan fingerprint density at radius 3 is 2.41 bits per heavy atom. The number of carboxylic acids is 1. The molecule has 0 aromatic heterocycles. The van der Waals surface area contributed by atoms with Crippen LogP contribution >= 0.6 is 0 Å². The van der Waals surface area contributed by atoms with Gasteiger partial charge >= 0.3 is 0 Å². The van der Waals surface area contributed by atoms with Gasteiger partial charge in [-0.25, -0.2) is 8.42 Å². The summed E-state index contributed by atoms with van der Waals surface area (Å²) in [6.45, 7) is 3.92. The summed E-state index contributed by atoms with van der Waals surface area (Å²) < 4.78 is 27.4. The molecule has 0 bridgehead atoms. The lowest BCUT2D eigenvalue weighted by molar-refractivity contribution is -0.255. The Balaban J connectivity index is 2.41. The number of para-hydroxylation sites is 1. The van der Waals surface area contributed by atoms with Gasteiger partial charge in [-0.15, -0.1) is 0 Å². The number of benzene rings is 2. The molecule has 0 radical (unpaired) electrons. The van der Waals surface area contributed by atoms with E-state index in [9.17, 15) is 18.3 Å². The third-order valence-electron chi connectivity index (χ3n) is 3.21. The minimum absolute atomic E-state index is 0.118. The van der Waals surface area contributed by atoms with Crippen LogP contribution in [0.5, 0.6) is 0 Å². The van der Waals surface area contributed by atoms with Crippen LogP contribution in [0, 0.1) is 0 Å². The average molecular weight is 318 g/mol. The summed E-state index contributed by atoms with van der Waals surface area (Å²) in [5.74, 6) is -1.27. The number of hydrogen-bond acceptors (Lipinski definition) is 4. The monoisotopic (exact) mass is 318 g/mol. The lowest BCUT2D eigenvalue weighted by Gasteiger charge is -2.15. The fraction of sp³-hybridized carbons (Fsp3) is 0.188. The first-order valence-electron chi connectivity index (χ1n) is 6.74. The van der Waals surface area contributed by atoms with Gasteiger partial charge in [0.05, 0.1) is 16.6 Å². The molecule has 0 aliphatic rings. The molecule has 0 amide bonds. The van der Waals surface area contributed by atoms with Gasteiger partial charge in [0.25, 0.3) is 10.0 Å². The van der Waals surface area contributed by atoms with E-state index < -0.39 is 16.0 Å². The van der Waals surface area contributed by atoms with Crippen molar-refractivity contribution in [3.05, 3.63) is 59.7 Å². The normalized spacial score (nSPS) is 11.4. The van der Waals surface area contributed by atoms with Crippen molar-refractivity contribution in [2.75, 3.05) is 4.72 Å². The van der Waals surface area contributed by atoms with Crippen LogP contribution in [-0.4, -0.2) is 14.4 Å². The summed E-state index contributed by atoms with van der Waals surface area (Å²) in [7, 11) is -3.87. The number of nitrogens with one attached hydrogen (secondary N) is 1. The van der Waals surface area contributed by atoms with Crippen LogP contribution in [0.2, 0.25) is 0 Å². The van der Waals surface area contributed by atoms with Crippen molar-refractivity contribution in [2.24, 2.45) is 0 Å². The summed E-state index contributed by atoms with van der Waals surface area (Å²) in [6.07, 6.45) is 0. The number of rotatable bonds is 5. The highest BCUT2D eigenvalue weighted by Gasteiger charge is 2.17. The summed E-state index contributed by atoms with van der Waals surface area (Å²) in [6, 6.07) is 12.2. The lowest BCUT2D eigenvalue weighted by Crippen LogP contribution is -2.23. The molecule has 0 heterocycles. The minimum Gasteiger partial charge on any atom is -0.545 e. The minimum atomic E-state index is -3.87. The van der Waals surface area contributed by atoms with Crippen molar-refractivity contribution in [3.8, 4) is 0 Å². The molecule has 0 unspecified atom stereocenters. The topological polar surface area (TPSA) is 86.3 Å². The molecule has 5 nitrogen and oxygen atoms in total. The van der Waals surface area contributed by atoms with E-state index in [-0.39, 0.29) is 16.4 Å². The number of carboxylic acid groups (broad SMARTS) is 1. The van der Waals surface area contributed by atoms with Crippen LogP contribution < -0.4 is 9.83 Å². The van der Waals surface area contributed by atoms with Gasteiger partial charge in [-0.2, -0.15) is 0 Å². The highest BCUT2D eigenvalue weighted by atomic mass is 32.2. The molecule has 1 N–H and O–H groups in total. The van der Waals surface area contributed by atoms with E-state index >= 15 is 0 Å². The van der Waals surface area contributed by atoms with Crippen LogP contribution in [0.15, 0.2) is 53.4 Å². The van der Waals surface area contributed by atoms with Crippen LogP contribution in [0.3, 0.4) is 0 Å². The third kappa shape index (κ3) is 3.46. The van der Waals surface area contributed by atoms with Gasteiger partial charge < -0.3 is 9.90 Å². The van der Waals surface area contributed by atoms with Crippen molar-refractivity contribution < 1.29 is 18.3 Å². The Morgan fingerprint density at radius 1 is 1.09 bits per heavy atom. The number of anilines is 1. The van der Waals surface area contributed by atoms with Gasteiger partial charge in [-0.05, 0) is 35.2 Å². The zero-order valence-corrected chi connectivity index (χ0v) is 13.1. The molecule has 0 aliphatic heterocycles. The Morgan fingerprint density at radius 2 is 1.77 bits per heavy atom. The van der Waals surface area contributed by atoms with E-state index in [2.05, 4.69) is 4.72 Å². The number of sulfonamides is 1. The Kier molecular flexibility index (Phi) is 4.51. The lowest BCUT2D eigenvalue weighted by atomic mass is 10.0. The van der Waals surface area contributed by atoms with Crippen LogP contribution in [0.1, 0.15) is 35.7 Å². The molecule has 0 aliphatic carbocycles. The molecule has 0 saturated carbocycles. The second-order valence-electron chi connectivity index (χ2n) is 5.16. The molecule has 2 rings (SSSR count). The first-order chi connectivity index (χ1) is 10.3. The van der Waals surface area contributed by atoms with Crippen molar-refractivity contribution in [2.45, 2.75) is 24.7 Å². The van der Waals surface area contributed by atoms with Gasteiger partial charge in [0.2, 0.25) is 0 Å². The molecule has 116 valence electrons. The van der Waals surface area contributed by atoms with Crippen molar-refractivity contribution in [3.63, 3.8) is 0 Å². The highest BCUT2D eigenvalue weighted by Crippen LogP contribution is 2.26. The standard InChI is InChI=1S/C16H17NO4S/c1-11(2)14-8-3-4-9-15(14)17-22(20,21)13-7-5-6-12(10-13)16(18)19/h3-11,17H,1-2H3,(H,18,19)/p-1. The third-order valence-corrected chi connectivity index (χ3v) is 4.57. The average Bonchev–Trinajstić information content (AvgIpc) is 2.47. The Hall–Kier alpha value is -2.34. The van der Waals surface area contributed by atoms with Crippen LogP contribution in [-0.2, 0) is 10.0 Å². The molecular formula is C16H16NO4S-. The first-order valence-corrected chi connectivity index (χ1v) is 8.23. The van der Waals surface area contributed by atoms with Gasteiger partial charge in [0, 0.05) is 0 Å². The maximum absolute atomic E-state index is 12.4. The van der Waals surface area contributed by atoms with Crippen LogP contribution in [0.4, 0.5) is 5.69 Å². The summed E-state index contributed by atoms with van der Waals surface area (Å²) in [5.41, 5.74) is 1.17. The molecule has 0 saturated heterocycles. The largest absolute Gasteiger partial charge is 0.545 e. The highest BCUT2D eigenvalue weighted by molar-refractivity contribution is 7.92. The molecule has 0 atom stereocenters. The van der Waals surface area contributed by atoms with Crippen molar-refractivity contribution in [1.29, 1.82) is 0 Å². The van der Waals surface area contributed by atoms with Gasteiger partial charge in [-0.1, -0.05) is 44.2 Å². The van der Waals surface area contributed by atoms with E-state index in [0.29, 0.717) is 5.69 Å². The second-order valence-corrected chi connectivity index (χ2v) is 6.85. The quantitative estimate of drug-likeness (QED) is 0.913. The zero-order chi connectivity index (χ0) is 16.3. The van der Waals surface area contributed by atoms with Crippen molar-refractivity contribution >= 4 is 21.7 Å².